The van der Waals surface area contributed by atoms with E-state index in [9.17, 15) is 8.42 Å². The van der Waals surface area contributed by atoms with Crippen molar-refractivity contribution in [1.82, 2.24) is 9.62 Å². The lowest BCUT2D eigenvalue weighted by Gasteiger charge is -2.13. The van der Waals surface area contributed by atoms with Gasteiger partial charge in [0.1, 0.15) is 0 Å². The minimum Gasteiger partial charge on any atom is -0.309 e. The number of sulfonamides is 1. The molecule has 108 valence electrons. The van der Waals surface area contributed by atoms with E-state index < -0.39 is 10.0 Å². The smallest absolute Gasteiger partial charge is 0.240 e. The van der Waals surface area contributed by atoms with E-state index in [0.717, 1.165) is 10.8 Å². The Morgan fingerprint density at radius 1 is 1.19 bits per heavy atom. The van der Waals surface area contributed by atoms with Crippen LogP contribution in [0.15, 0.2) is 47.4 Å². The lowest BCUT2D eigenvalue weighted by Crippen LogP contribution is -2.36. The molecule has 6 heteroatoms. The van der Waals surface area contributed by atoms with E-state index in [-0.39, 0.29) is 10.9 Å². The first kappa shape index (κ1) is 13.9. The van der Waals surface area contributed by atoms with Crippen molar-refractivity contribution in [2.75, 3.05) is 13.1 Å². The van der Waals surface area contributed by atoms with Crippen LogP contribution in [0.4, 0.5) is 0 Å². The molecule has 2 aromatic carbocycles. The van der Waals surface area contributed by atoms with Gasteiger partial charge in [0.2, 0.25) is 10.0 Å². The van der Waals surface area contributed by atoms with Gasteiger partial charge >= 0.3 is 0 Å². The average Bonchev–Trinajstić information content (AvgIpc) is 2.93. The van der Waals surface area contributed by atoms with Crippen LogP contribution in [-0.4, -0.2) is 32.4 Å². The summed E-state index contributed by atoms with van der Waals surface area (Å²) in [5.41, 5.74) is 0. The molecule has 0 aromatic heterocycles. The maximum absolute atomic E-state index is 12.4. The van der Waals surface area contributed by atoms with E-state index in [0.29, 0.717) is 19.5 Å². The summed E-state index contributed by atoms with van der Waals surface area (Å²) in [5.74, 6) is 0. The molecular weight excluding hydrogens is 286 g/mol. The van der Waals surface area contributed by atoms with Gasteiger partial charge in [-0.1, -0.05) is 30.3 Å². The van der Waals surface area contributed by atoms with Crippen molar-refractivity contribution in [3.8, 4) is 6.19 Å². The molecule has 1 fully saturated rings. The van der Waals surface area contributed by atoms with Gasteiger partial charge in [0.05, 0.1) is 4.90 Å². The Bertz CT molecular complexity index is 811. The summed E-state index contributed by atoms with van der Waals surface area (Å²) in [5, 5.41) is 10.7. The molecule has 0 aliphatic carbocycles. The second-order valence-corrected chi connectivity index (χ2v) is 6.88. The van der Waals surface area contributed by atoms with Gasteiger partial charge in [-0.3, -0.25) is 0 Å². The van der Waals surface area contributed by atoms with Gasteiger partial charge in [-0.2, -0.15) is 5.26 Å². The Morgan fingerprint density at radius 2 is 1.95 bits per heavy atom. The second kappa shape index (κ2) is 5.35. The van der Waals surface area contributed by atoms with Crippen molar-refractivity contribution in [2.45, 2.75) is 17.4 Å². The molecule has 1 atom stereocenters. The van der Waals surface area contributed by atoms with Crippen LogP contribution >= 0.6 is 0 Å². The summed E-state index contributed by atoms with van der Waals surface area (Å²) in [6.07, 6.45) is 2.70. The van der Waals surface area contributed by atoms with Crippen molar-refractivity contribution < 1.29 is 8.42 Å². The number of hydrogen-bond donors (Lipinski definition) is 1. The summed E-state index contributed by atoms with van der Waals surface area (Å²) in [6.45, 7) is 1.03. The fourth-order valence-corrected chi connectivity index (χ4v) is 3.87. The summed E-state index contributed by atoms with van der Waals surface area (Å²) in [4.78, 5) is 1.82. The molecule has 21 heavy (non-hydrogen) atoms. The lowest BCUT2D eigenvalue weighted by molar-refractivity contribution is 0.470. The monoisotopic (exact) mass is 301 g/mol. The highest BCUT2D eigenvalue weighted by atomic mass is 32.2. The van der Waals surface area contributed by atoms with Crippen molar-refractivity contribution in [2.24, 2.45) is 0 Å². The highest BCUT2D eigenvalue weighted by molar-refractivity contribution is 7.89. The Kier molecular flexibility index (Phi) is 3.53. The zero-order chi connectivity index (χ0) is 14.9. The molecule has 1 aliphatic heterocycles. The Hall–Kier alpha value is -2.10. The maximum atomic E-state index is 12.4. The van der Waals surface area contributed by atoms with E-state index >= 15 is 0 Å². The number of hydrogen-bond acceptors (Lipinski definition) is 4. The highest BCUT2D eigenvalue weighted by Crippen LogP contribution is 2.20. The molecule has 1 aliphatic rings. The van der Waals surface area contributed by atoms with E-state index in [1.807, 2.05) is 30.5 Å². The van der Waals surface area contributed by atoms with Gasteiger partial charge in [0, 0.05) is 19.1 Å². The third kappa shape index (κ3) is 2.84. The van der Waals surface area contributed by atoms with Gasteiger partial charge in [0.15, 0.2) is 6.19 Å². The van der Waals surface area contributed by atoms with Gasteiger partial charge in [-0.25, -0.2) is 13.1 Å². The van der Waals surface area contributed by atoms with Gasteiger partial charge < -0.3 is 4.90 Å². The summed E-state index contributed by atoms with van der Waals surface area (Å²) >= 11 is 0. The van der Waals surface area contributed by atoms with Gasteiger partial charge in [0.25, 0.3) is 0 Å². The molecule has 0 unspecified atom stereocenters. The minimum absolute atomic E-state index is 0.207. The number of benzene rings is 2. The highest BCUT2D eigenvalue weighted by Gasteiger charge is 2.26. The van der Waals surface area contributed by atoms with Crippen LogP contribution in [0.3, 0.4) is 0 Å². The third-order valence-electron chi connectivity index (χ3n) is 3.68. The predicted molar refractivity (Wildman–Crippen MR) is 79.9 cm³/mol. The standard InChI is InChI=1S/C15H15N3O2S/c16-11-18-8-7-14(10-18)17-21(19,20)15-6-5-12-3-1-2-4-13(12)9-15/h1-6,9,14,17H,7-8,10H2/t14-/m1/s1. The first-order valence-electron chi connectivity index (χ1n) is 6.74. The van der Waals surface area contributed by atoms with E-state index in [1.165, 1.54) is 0 Å². The number of nitriles is 1. The average molecular weight is 301 g/mol. The number of fused-ring (bicyclic) bond motifs is 1. The minimum atomic E-state index is -3.55. The van der Waals surface area contributed by atoms with Crippen LogP contribution in [0, 0.1) is 11.5 Å². The van der Waals surface area contributed by atoms with Crippen molar-refractivity contribution in [3.63, 3.8) is 0 Å². The van der Waals surface area contributed by atoms with Crippen molar-refractivity contribution in [3.05, 3.63) is 42.5 Å². The quantitative estimate of drug-likeness (QED) is 0.875. The maximum Gasteiger partial charge on any atom is 0.240 e. The van der Waals surface area contributed by atoms with Crippen molar-refractivity contribution >= 4 is 20.8 Å². The van der Waals surface area contributed by atoms with Crippen LogP contribution < -0.4 is 4.72 Å². The fraction of sp³-hybridized carbons (Fsp3) is 0.267. The van der Waals surface area contributed by atoms with Crippen LogP contribution in [-0.2, 0) is 10.0 Å². The van der Waals surface area contributed by atoms with Gasteiger partial charge in [-0.15, -0.1) is 0 Å². The molecule has 5 nitrogen and oxygen atoms in total. The molecule has 2 aromatic rings. The Morgan fingerprint density at radius 3 is 2.67 bits per heavy atom. The second-order valence-electron chi connectivity index (χ2n) is 5.16. The van der Waals surface area contributed by atoms with E-state index in [2.05, 4.69) is 4.72 Å². The molecule has 1 saturated heterocycles. The number of nitrogens with one attached hydrogen (secondary N) is 1. The topological polar surface area (TPSA) is 73.2 Å². The number of nitrogens with zero attached hydrogens (tertiary/aromatic N) is 2. The number of rotatable bonds is 3. The first-order chi connectivity index (χ1) is 10.1. The SMILES string of the molecule is N#CN1CC[C@@H](NS(=O)(=O)c2ccc3ccccc3c2)C1. The molecule has 0 radical (unpaired) electrons. The Labute approximate surface area is 123 Å². The zero-order valence-corrected chi connectivity index (χ0v) is 12.2. The lowest BCUT2D eigenvalue weighted by atomic mass is 10.1. The summed E-state index contributed by atoms with van der Waals surface area (Å²) in [7, 11) is -3.55. The molecule has 3 rings (SSSR count). The van der Waals surface area contributed by atoms with E-state index in [1.54, 1.807) is 23.1 Å². The van der Waals surface area contributed by atoms with Crippen LogP contribution in [0.5, 0.6) is 0 Å². The molecule has 1 N–H and O–H groups in total. The van der Waals surface area contributed by atoms with Crippen LogP contribution in [0.2, 0.25) is 0 Å². The molecule has 0 amide bonds. The third-order valence-corrected chi connectivity index (χ3v) is 5.20. The number of likely N-dealkylation sites (tertiary alicyclic amines) is 1. The molecule has 0 spiro atoms. The Balaban J connectivity index is 1.85. The van der Waals surface area contributed by atoms with Crippen LogP contribution in [0.25, 0.3) is 10.8 Å². The normalized spacial score (nSPS) is 18.8. The fourth-order valence-electron chi connectivity index (χ4n) is 2.57. The summed E-state index contributed by atoms with van der Waals surface area (Å²) in [6, 6.07) is 12.5. The molecule has 0 bridgehead atoms. The van der Waals surface area contributed by atoms with Gasteiger partial charge in [-0.05, 0) is 29.3 Å². The van der Waals surface area contributed by atoms with E-state index in [4.69, 9.17) is 5.26 Å². The summed E-state index contributed by atoms with van der Waals surface area (Å²) < 4.78 is 27.5. The molecule has 0 saturated carbocycles. The first-order valence-corrected chi connectivity index (χ1v) is 8.22. The largest absolute Gasteiger partial charge is 0.309 e. The molecule has 1 heterocycles. The van der Waals surface area contributed by atoms with Crippen molar-refractivity contribution in [1.29, 1.82) is 5.26 Å². The molecular formula is C15H15N3O2S. The predicted octanol–water partition coefficient (Wildman–Crippen LogP) is 1.67. The van der Waals surface area contributed by atoms with Crippen LogP contribution in [0.1, 0.15) is 6.42 Å². The zero-order valence-electron chi connectivity index (χ0n) is 11.4.